The van der Waals surface area contributed by atoms with Gasteiger partial charge in [-0.2, -0.15) is 23.2 Å². The Kier molecular flexibility index (Phi) is 6.76. The molecule has 0 unspecified atom stereocenters. The van der Waals surface area contributed by atoms with Crippen molar-refractivity contribution in [2.45, 2.75) is 36.5 Å². The highest BCUT2D eigenvalue weighted by Crippen LogP contribution is 2.26. The summed E-state index contributed by atoms with van der Waals surface area (Å²) in [7, 11) is -4.36. The number of alkyl halides is 3. The lowest BCUT2D eigenvalue weighted by Crippen LogP contribution is -2.44. The van der Waals surface area contributed by atoms with Crippen molar-refractivity contribution in [3.8, 4) is 6.07 Å². The Labute approximate surface area is 187 Å². The van der Waals surface area contributed by atoms with Gasteiger partial charge in [-0.1, -0.05) is 18.2 Å². The molecule has 0 aromatic heterocycles. The second-order valence-corrected chi connectivity index (χ2v) is 9.15. The molecule has 1 aliphatic rings. The van der Waals surface area contributed by atoms with Crippen molar-refractivity contribution in [3.05, 3.63) is 64.7 Å². The molecule has 1 atom stereocenters. The Bertz CT molecular complexity index is 1240. The van der Waals surface area contributed by atoms with E-state index in [4.69, 9.17) is 5.26 Å². The number of nitrogens with zero attached hydrogens (tertiary/aromatic N) is 2. The van der Waals surface area contributed by atoms with E-state index in [0.29, 0.717) is 16.0 Å². The number of nitrogens with one attached hydrogen (secondary N) is 1. The number of sulfonamides is 1. The van der Waals surface area contributed by atoms with Crippen molar-refractivity contribution >= 4 is 21.9 Å². The molecule has 1 aliphatic heterocycles. The van der Waals surface area contributed by atoms with Crippen LogP contribution in [-0.4, -0.2) is 49.1 Å². The first-order valence-corrected chi connectivity index (χ1v) is 11.1. The standard InChI is InChI=1S/C21H18F3N3O5S/c22-21(23,24)20(30)27-7-6-15-4-5-17(10-16(15)12-27)33(31,32)26-18(19(28)29)9-13-2-1-3-14(8-13)11-25/h1-5,8,10,18,26H,6-7,9,12H2,(H,28,29)/t18-/m0/s1. The molecule has 33 heavy (non-hydrogen) atoms. The molecule has 2 aromatic carbocycles. The van der Waals surface area contributed by atoms with Crippen LogP contribution < -0.4 is 4.72 Å². The number of nitriles is 1. The molecule has 0 saturated heterocycles. The third-order valence-corrected chi connectivity index (χ3v) is 6.59. The molecule has 1 amide bonds. The predicted octanol–water partition coefficient (Wildman–Crippen LogP) is 1.98. The van der Waals surface area contributed by atoms with Gasteiger partial charge in [-0.3, -0.25) is 9.59 Å². The number of amides is 1. The summed E-state index contributed by atoms with van der Waals surface area (Å²) < 4.78 is 66.0. The van der Waals surface area contributed by atoms with Gasteiger partial charge in [0.05, 0.1) is 16.5 Å². The maximum Gasteiger partial charge on any atom is 0.471 e. The molecule has 0 fully saturated rings. The molecule has 12 heteroatoms. The van der Waals surface area contributed by atoms with E-state index < -0.39 is 40.7 Å². The van der Waals surface area contributed by atoms with Crippen LogP contribution in [0.2, 0.25) is 0 Å². The Morgan fingerprint density at radius 1 is 1.18 bits per heavy atom. The van der Waals surface area contributed by atoms with Crippen molar-refractivity contribution in [3.63, 3.8) is 0 Å². The number of carboxylic acid groups (broad SMARTS) is 1. The second-order valence-electron chi connectivity index (χ2n) is 7.43. The van der Waals surface area contributed by atoms with Gasteiger partial charge in [0.25, 0.3) is 0 Å². The summed E-state index contributed by atoms with van der Waals surface area (Å²) in [5, 5.41) is 18.5. The minimum Gasteiger partial charge on any atom is -0.480 e. The average Bonchev–Trinajstić information content (AvgIpc) is 2.76. The zero-order valence-electron chi connectivity index (χ0n) is 17.0. The summed E-state index contributed by atoms with van der Waals surface area (Å²) in [5.74, 6) is -3.45. The first-order chi connectivity index (χ1) is 15.4. The number of halogens is 3. The Morgan fingerprint density at radius 3 is 2.55 bits per heavy atom. The van der Waals surface area contributed by atoms with E-state index >= 15 is 0 Å². The van der Waals surface area contributed by atoms with Gasteiger partial charge in [0.15, 0.2) is 0 Å². The van der Waals surface area contributed by atoms with E-state index in [-0.39, 0.29) is 35.4 Å². The fraction of sp³-hybridized carbons (Fsp3) is 0.286. The number of carboxylic acids is 1. The van der Waals surface area contributed by atoms with Gasteiger partial charge in [0.2, 0.25) is 10.0 Å². The topological polar surface area (TPSA) is 128 Å². The molecule has 0 spiro atoms. The molecule has 0 aliphatic carbocycles. The van der Waals surface area contributed by atoms with Crippen molar-refractivity contribution in [2.24, 2.45) is 0 Å². The number of fused-ring (bicyclic) bond motifs is 1. The Hall–Kier alpha value is -3.43. The van der Waals surface area contributed by atoms with E-state index in [0.717, 1.165) is 6.07 Å². The third-order valence-electron chi connectivity index (χ3n) is 5.12. The predicted molar refractivity (Wildman–Crippen MR) is 108 cm³/mol. The van der Waals surface area contributed by atoms with Crippen LogP contribution in [0.3, 0.4) is 0 Å². The van der Waals surface area contributed by atoms with Gasteiger partial charge in [0, 0.05) is 13.1 Å². The lowest BCUT2D eigenvalue weighted by molar-refractivity contribution is -0.186. The SMILES string of the molecule is N#Cc1cccc(C[C@H](NS(=O)(=O)c2ccc3c(c2)CN(C(=O)C(F)(F)F)CC3)C(=O)O)c1. The second kappa shape index (κ2) is 9.21. The summed E-state index contributed by atoms with van der Waals surface area (Å²) in [5.41, 5.74) is 1.54. The highest BCUT2D eigenvalue weighted by atomic mass is 32.2. The van der Waals surface area contributed by atoms with E-state index in [1.165, 1.54) is 24.3 Å². The number of carbonyl (C=O) groups is 2. The van der Waals surface area contributed by atoms with Crippen LogP contribution in [0.5, 0.6) is 0 Å². The fourth-order valence-electron chi connectivity index (χ4n) is 3.49. The van der Waals surface area contributed by atoms with Gasteiger partial charge in [0.1, 0.15) is 6.04 Å². The summed E-state index contributed by atoms with van der Waals surface area (Å²) in [6, 6.07) is 10.2. The lowest BCUT2D eigenvalue weighted by atomic mass is 10.00. The number of hydrogen-bond acceptors (Lipinski definition) is 5. The van der Waals surface area contributed by atoms with E-state index in [9.17, 15) is 36.3 Å². The minimum absolute atomic E-state index is 0.123. The number of hydrogen-bond donors (Lipinski definition) is 2. The zero-order valence-corrected chi connectivity index (χ0v) is 17.8. The van der Waals surface area contributed by atoms with Crippen LogP contribution in [0, 0.1) is 11.3 Å². The van der Waals surface area contributed by atoms with Crippen molar-refractivity contribution < 1.29 is 36.3 Å². The van der Waals surface area contributed by atoms with E-state index in [2.05, 4.69) is 4.72 Å². The van der Waals surface area contributed by atoms with Crippen LogP contribution in [0.4, 0.5) is 13.2 Å². The van der Waals surface area contributed by atoms with E-state index in [1.54, 1.807) is 12.1 Å². The third kappa shape index (κ3) is 5.68. The first kappa shape index (κ1) is 24.2. The monoisotopic (exact) mass is 481 g/mol. The van der Waals surface area contributed by atoms with Crippen LogP contribution in [0.15, 0.2) is 47.4 Å². The van der Waals surface area contributed by atoms with E-state index in [1.807, 2.05) is 6.07 Å². The molecule has 2 aromatic rings. The smallest absolute Gasteiger partial charge is 0.471 e. The first-order valence-electron chi connectivity index (χ1n) is 9.63. The lowest BCUT2D eigenvalue weighted by Gasteiger charge is -2.29. The number of benzene rings is 2. The fourth-order valence-corrected chi connectivity index (χ4v) is 4.73. The number of carbonyl (C=O) groups excluding carboxylic acids is 1. The Balaban J connectivity index is 1.83. The van der Waals surface area contributed by atoms with Crippen molar-refractivity contribution in [1.82, 2.24) is 9.62 Å². The highest BCUT2D eigenvalue weighted by molar-refractivity contribution is 7.89. The van der Waals surface area contributed by atoms with Crippen LogP contribution in [-0.2, 0) is 39.0 Å². The molecule has 0 saturated carbocycles. The normalized spacial score (nSPS) is 14.8. The maximum atomic E-state index is 12.8. The van der Waals surface area contributed by atoms with Gasteiger partial charge < -0.3 is 10.0 Å². The summed E-state index contributed by atoms with van der Waals surface area (Å²) in [6.45, 7) is -0.571. The van der Waals surface area contributed by atoms with Gasteiger partial charge in [-0.25, -0.2) is 8.42 Å². The summed E-state index contributed by atoms with van der Waals surface area (Å²) >= 11 is 0. The van der Waals surface area contributed by atoms with Crippen LogP contribution in [0.25, 0.3) is 0 Å². The average molecular weight is 481 g/mol. The summed E-state index contributed by atoms with van der Waals surface area (Å²) in [6.07, 6.45) is -5.15. The van der Waals surface area contributed by atoms with Crippen LogP contribution in [0.1, 0.15) is 22.3 Å². The molecule has 2 N–H and O–H groups in total. The molecule has 174 valence electrons. The van der Waals surface area contributed by atoms with Crippen molar-refractivity contribution in [2.75, 3.05) is 6.54 Å². The van der Waals surface area contributed by atoms with Gasteiger partial charge >= 0.3 is 18.1 Å². The maximum absolute atomic E-state index is 12.8. The molecule has 0 radical (unpaired) electrons. The zero-order chi connectivity index (χ0) is 24.4. The largest absolute Gasteiger partial charge is 0.480 e. The van der Waals surface area contributed by atoms with Crippen molar-refractivity contribution in [1.29, 1.82) is 5.26 Å². The quantitative estimate of drug-likeness (QED) is 0.650. The molecule has 0 bridgehead atoms. The molecule has 3 rings (SSSR count). The van der Waals surface area contributed by atoms with Crippen LogP contribution >= 0.6 is 0 Å². The Morgan fingerprint density at radius 2 is 1.91 bits per heavy atom. The molecule has 8 nitrogen and oxygen atoms in total. The minimum atomic E-state index is -5.04. The number of aliphatic carboxylic acids is 1. The molecule has 1 heterocycles. The highest BCUT2D eigenvalue weighted by Gasteiger charge is 2.43. The molecular formula is C21H18F3N3O5S. The van der Waals surface area contributed by atoms with Gasteiger partial charge in [-0.05, 0) is 53.8 Å². The number of rotatable bonds is 6. The molecular weight excluding hydrogens is 463 g/mol. The van der Waals surface area contributed by atoms with Gasteiger partial charge in [-0.15, -0.1) is 0 Å². The summed E-state index contributed by atoms with van der Waals surface area (Å²) in [4.78, 5) is 23.5.